The predicted octanol–water partition coefficient (Wildman–Crippen LogP) is 3.74. The number of nitrogens with one attached hydrogen (secondary N) is 1. The van der Waals surface area contributed by atoms with Crippen LogP contribution in [0.2, 0.25) is 5.02 Å². The van der Waals surface area contributed by atoms with E-state index in [1.165, 1.54) is 22.4 Å². The molecule has 0 bridgehead atoms. The summed E-state index contributed by atoms with van der Waals surface area (Å²) >= 11 is 6.23. The number of rotatable bonds is 3. The van der Waals surface area contributed by atoms with Crippen LogP contribution in [0.4, 0.5) is 5.69 Å². The minimum atomic E-state index is 0.701. The van der Waals surface area contributed by atoms with Gasteiger partial charge in [0.05, 0.1) is 19.3 Å². The molecular weight excluding hydrogens is 348 g/mol. The van der Waals surface area contributed by atoms with Gasteiger partial charge in [-0.15, -0.1) is 0 Å². The second-order valence-corrected chi connectivity index (χ2v) is 7.40. The highest BCUT2D eigenvalue weighted by Crippen LogP contribution is 2.40. The first-order valence-corrected chi connectivity index (χ1v) is 9.61. The molecule has 1 N–H and O–H groups in total. The molecule has 2 aliphatic rings. The van der Waals surface area contributed by atoms with Gasteiger partial charge in [0.25, 0.3) is 0 Å². The molecule has 138 valence electrons. The number of halogens is 1. The zero-order valence-electron chi connectivity index (χ0n) is 15.4. The van der Waals surface area contributed by atoms with E-state index in [0.717, 1.165) is 61.1 Å². The van der Waals surface area contributed by atoms with E-state index in [1.54, 1.807) is 7.11 Å². The average molecular weight is 373 g/mol. The van der Waals surface area contributed by atoms with E-state index in [2.05, 4.69) is 23.2 Å². The highest BCUT2D eigenvalue weighted by Gasteiger charge is 2.25. The Morgan fingerprint density at radius 2 is 2.08 bits per heavy atom. The minimum Gasteiger partial charge on any atom is -0.496 e. The van der Waals surface area contributed by atoms with Gasteiger partial charge in [-0.2, -0.15) is 0 Å². The lowest BCUT2D eigenvalue weighted by Gasteiger charge is -2.34. The maximum atomic E-state index is 6.23. The van der Waals surface area contributed by atoms with E-state index in [9.17, 15) is 0 Å². The molecule has 2 aromatic carbocycles. The van der Waals surface area contributed by atoms with E-state index >= 15 is 0 Å². The van der Waals surface area contributed by atoms with Crippen molar-refractivity contribution in [1.82, 2.24) is 5.32 Å². The van der Waals surface area contributed by atoms with Crippen molar-refractivity contribution in [2.24, 2.45) is 0 Å². The number of methoxy groups -OCH3 is 1. The van der Waals surface area contributed by atoms with Crippen LogP contribution in [0, 0.1) is 6.92 Å². The first-order chi connectivity index (χ1) is 12.7. The van der Waals surface area contributed by atoms with Crippen molar-refractivity contribution in [3.63, 3.8) is 0 Å². The third-order valence-electron chi connectivity index (χ3n) is 5.40. The van der Waals surface area contributed by atoms with Crippen molar-refractivity contribution in [1.29, 1.82) is 0 Å². The number of fused-ring (bicyclic) bond motifs is 2. The highest BCUT2D eigenvalue weighted by molar-refractivity contribution is 6.30. The fourth-order valence-corrected chi connectivity index (χ4v) is 4.32. The van der Waals surface area contributed by atoms with Gasteiger partial charge in [-0.3, -0.25) is 0 Å². The lowest BCUT2D eigenvalue weighted by Crippen LogP contribution is -2.33. The fourth-order valence-electron chi connectivity index (χ4n) is 4.13. The summed E-state index contributed by atoms with van der Waals surface area (Å²) in [7, 11) is 1.71. The van der Waals surface area contributed by atoms with E-state index < -0.39 is 0 Å². The number of anilines is 1. The largest absolute Gasteiger partial charge is 0.496 e. The van der Waals surface area contributed by atoms with Crippen molar-refractivity contribution in [2.45, 2.75) is 26.3 Å². The standard InChI is InChI=1S/C21H25ClN2O2/c1-14-18-6-8-23-7-5-15(18)12-20-21(14)24(9-10-26-20)13-16-11-17(22)3-4-19(16)25-2/h3-4,11-12,23H,5-10,13H2,1-2H3. The van der Waals surface area contributed by atoms with Gasteiger partial charge in [0, 0.05) is 17.1 Å². The van der Waals surface area contributed by atoms with E-state index in [1.807, 2.05) is 18.2 Å². The van der Waals surface area contributed by atoms with Gasteiger partial charge in [0.2, 0.25) is 0 Å². The van der Waals surface area contributed by atoms with Crippen molar-refractivity contribution >= 4 is 17.3 Å². The number of hydrogen-bond acceptors (Lipinski definition) is 4. The number of ether oxygens (including phenoxy) is 2. The normalized spacial score (nSPS) is 16.3. The molecule has 4 nitrogen and oxygen atoms in total. The van der Waals surface area contributed by atoms with Gasteiger partial charge >= 0.3 is 0 Å². The summed E-state index contributed by atoms with van der Waals surface area (Å²) in [5.74, 6) is 1.88. The second kappa shape index (κ2) is 7.37. The van der Waals surface area contributed by atoms with Crippen LogP contribution in [0.1, 0.15) is 22.3 Å². The minimum absolute atomic E-state index is 0.701. The van der Waals surface area contributed by atoms with Gasteiger partial charge in [-0.05, 0) is 73.8 Å². The first kappa shape index (κ1) is 17.5. The molecule has 0 fully saturated rings. The Morgan fingerprint density at radius 1 is 1.23 bits per heavy atom. The molecule has 0 spiro atoms. The fraction of sp³-hybridized carbons (Fsp3) is 0.429. The molecule has 0 amide bonds. The Kier molecular flexibility index (Phi) is 4.96. The molecule has 0 atom stereocenters. The zero-order valence-corrected chi connectivity index (χ0v) is 16.2. The SMILES string of the molecule is COc1ccc(Cl)cc1CN1CCOc2cc3c(c(C)c21)CCNCC3. The molecular formula is C21H25ClN2O2. The average Bonchev–Trinajstić information content (AvgIpc) is 2.88. The number of hydrogen-bond donors (Lipinski definition) is 1. The van der Waals surface area contributed by atoms with Gasteiger partial charge in [0.1, 0.15) is 18.1 Å². The quantitative estimate of drug-likeness (QED) is 0.889. The van der Waals surface area contributed by atoms with Crippen molar-refractivity contribution < 1.29 is 9.47 Å². The third kappa shape index (κ3) is 3.24. The molecule has 0 radical (unpaired) electrons. The zero-order chi connectivity index (χ0) is 18.1. The Bertz CT molecular complexity index is 822. The van der Waals surface area contributed by atoms with Crippen LogP contribution >= 0.6 is 11.6 Å². The summed E-state index contributed by atoms with van der Waals surface area (Å²) < 4.78 is 11.6. The maximum absolute atomic E-state index is 6.23. The van der Waals surface area contributed by atoms with Crippen LogP contribution in [0.5, 0.6) is 11.5 Å². The molecule has 0 saturated carbocycles. The summed E-state index contributed by atoms with van der Waals surface area (Å²) in [5, 5.41) is 4.23. The molecule has 2 aromatic rings. The Labute approximate surface area is 160 Å². The highest BCUT2D eigenvalue weighted by atomic mass is 35.5. The first-order valence-electron chi connectivity index (χ1n) is 9.23. The smallest absolute Gasteiger partial charge is 0.143 e. The third-order valence-corrected chi connectivity index (χ3v) is 5.63. The molecule has 0 unspecified atom stereocenters. The van der Waals surface area contributed by atoms with Gasteiger partial charge in [-0.1, -0.05) is 11.6 Å². The monoisotopic (exact) mass is 372 g/mol. The summed E-state index contributed by atoms with van der Waals surface area (Å²) in [5.41, 5.74) is 6.57. The van der Waals surface area contributed by atoms with Crippen molar-refractivity contribution in [2.75, 3.05) is 38.3 Å². The second-order valence-electron chi connectivity index (χ2n) is 6.96. The Hall–Kier alpha value is -1.91. The lowest BCUT2D eigenvalue weighted by atomic mass is 9.94. The molecule has 4 rings (SSSR count). The number of nitrogens with zero attached hydrogens (tertiary/aromatic N) is 1. The van der Waals surface area contributed by atoms with E-state index in [-0.39, 0.29) is 0 Å². The molecule has 0 saturated heterocycles. The van der Waals surface area contributed by atoms with Crippen LogP contribution < -0.4 is 19.7 Å². The number of benzene rings is 2. The van der Waals surface area contributed by atoms with Crippen molar-refractivity contribution in [3.8, 4) is 11.5 Å². The van der Waals surface area contributed by atoms with Gasteiger partial charge in [0.15, 0.2) is 0 Å². The lowest BCUT2D eigenvalue weighted by molar-refractivity contribution is 0.305. The predicted molar refractivity (Wildman–Crippen MR) is 106 cm³/mol. The molecule has 0 aliphatic carbocycles. The molecule has 0 aromatic heterocycles. The van der Waals surface area contributed by atoms with Crippen LogP contribution in [0.15, 0.2) is 24.3 Å². The van der Waals surface area contributed by atoms with E-state index in [4.69, 9.17) is 21.1 Å². The van der Waals surface area contributed by atoms with Crippen LogP contribution in [-0.2, 0) is 19.4 Å². The molecule has 26 heavy (non-hydrogen) atoms. The Balaban J connectivity index is 1.74. The van der Waals surface area contributed by atoms with Crippen LogP contribution in [0.3, 0.4) is 0 Å². The summed E-state index contributed by atoms with van der Waals surface area (Å²) in [4.78, 5) is 2.40. The maximum Gasteiger partial charge on any atom is 0.143 e. The van der Waals surface area contributed by atoms with E-state index in [0.29, 0.717) is 6.61 Å². The van der Waals surface area contributed by atoms with Crippen molar-refractivity contribution in [3.05, 3.63) is 51.5 Å². The van der Waals surface area contributed by atoms with Crippen LogP contribution in [-0.4, -0.2) is 33.4 Å². The molecule has 2 aliphatic heterocycles. The summed E-state index contributed by atoms with van der Waals surface area (Å²) in [6, 6.07) is 8.06. The molecule has 2 heterocycles. The summed E-state index contributed by atoms with van der Waals surface area (Å²) in [6.07, 6.45) is 2.14. The topological polar surface area (TPSA) is 33.7 Å². The van der Waals surface area contributed by atoms with Gasteiger partial charge in [-0.25, -0.2) is 0 Å². The van der Waals surface area contributed by atoms with Crippen LogP contribution in [0.25, 0.3) is 0 Å². The van der Waals surface area contributed by atoms with Gasteiger partial charge < -0.3 is 19.7 Å². The Morgan fingerprint density at radius 3 is 2.92 bits per heavy atom. The molecule has 5 heteroatoms. The summed E-state index contributed by atoms with van der Waals surface area (Å²) in [6.45, 7) is 6.63.